The van der Waals surface area contributed by atoms with E-state index in [1.54, 1.807) is 12.1 Å². The van der Waals surface area contributed by atoms with E-state index in [0.717, 1.165) is 32.7 Å². The number of fused-ring (bicyclic) bond motifs is 3. The molecule has 3 aliphatic heterocycles. The number of amides is 1. The molecule has 1 aromatic heterocycles. The molecule has 3 saturated heterocycles. The molecular formula is C13H18N4O2. The number of aromatic nitrogens is 1. The molecule has 4 rings (SSSR count). The van der Waals surface area contributed by atoms with E-state index in [1.807, 2.05) is 0 Å². The van der Waals surface area contributed by atoms with E-state index in [4.69, 9.17) is 0 Å². The standard InChI is InChI=1S/C13H18N4O2/c18-12-11(2-1-3-14-12)13(19)15-8-10-9-16-4-6-17(10)7-5-16/h1-3,10H,4-9H2,(H,14,18)(H,15,19). The highest BCUT2D eigenvalue weighted by atomic mass is 16.2. The van der Waals surface area contributed by atoms with Gasteiger partial charge in [0.05, 0.1) is 0 Å². The molecule has 0 radical (unpaired) electrons. The lowest BCUT2D eigenvalue weighted by atomic mass is 10.1. The second kappa shape index (κ2) is 5.14. The summed E-state index contributed by atoms with van der Waals surface area (Å²) >= 11 is 0. The van der Waals surface area contributed by atoms with Crippen molar-refractivity contribution in [1.82, 2.24) is 20.1 Å². The van der Waals surface area contributed by atoms with E-state index in [-0.39, 0.29) is 17.0 Å². The Morgan fingerprint density at radius 2 is 2.16 bits per heavy atom. The van der Waals surface area contributed by atoms with Gasteiger partial charge in [-0.3, -0.25) is 19.4 Å². The topological polar surface area (TPSA) is 68.4 Å². The lowest BCUT2D eigenvalue weighted by molar-refractivity contribution is 0.0138. The Hall–Kier alpha value is -1.66. The number of nitrogens with zero attached hydrogens (tertiary/aromatic N) is 2. The van der Waals surface area contributed by atoms with Gasteiger partial charge in [-0.05, 0) is 12.1 Å². The molecule has 3 fully saturated rings. The lowest BCUT2D eigenvalue weighted by Gasteiger charge is -2.47. The fourth-order valence-electron chi connectivity index (χ4n) is 2.82. The van der Waals surface area contributed by atoms with Crippen molar-refractivity contribution < 1.29 is 4.79 Å². The van der Waals surface area contributed by atoms with Gasteiger partial charge in [0.1, 0.15) is 5.56 Å². The van der Waals surface area contributed by atoms with E-state index in [9.17, 15) is 9.59 Å². The fraction of sp³-hybridized carbons (Fsp3) is 0.538. The maximum atomic E-state index is 12.0. The van der Waals surface area contributed by atoms with Crippen LogP contribution in [-0.4, -0.2) is 66.0 Å². The van der Waals surface area contributed by atoms with Crippen molar-refractivity contribution in [3.63, 3.8) is 0 Å². The van der Waals surface area contributed by atoms with E-state index in [1.165, 1.54) is 6.20 Å². The van der Waals surface area contributed by atoms with E-state index >= 15 is 0 Å². The van der Waals surface area contributed by atoms with Gasteiger partial charge >= 0.3 is 0 Å². The van der Waals surface area contributed by atoms with Crippen LogP contribution in [-0.2, 0) is 0 Å². The molecule has 1 atom stereocenters. The summed E-state index contributed by atoms with van der Waals surface area (Å²) in [7, 11) is 0. The van der Waals surface area contributed by atoms with Crippen LogP contribution >= 0.6 is 0 Å². The van der Waals surface area contributed by atoms with Crippen LogP contribution in [0.3, 0.4) is 0 Å². The van der Waals surface area contributed by atoms with Crippen molar-refractivity contribution in [1.29, 1.82) is 0 Å². The van der Waals surface area contributed by atoms with Crippen LogP contribution in [0, 0.1) is 0 Å². The molecular weight excluding hydrogens is 244 g/mol. The van der Waals surface area contributed by atoms with Gasteiger partial charge in [-0.1, -0.05) is 0 Å². The van der Waals surface area contributed by atoms with Crippen LogP contribution < -0.4 is 10.9 Å². The van der Waals surface area contributed by atoms with Gasteiger partial charge in [-0.25, -0.2) is 0 Å². The summed E-state index contributed by atoms with van der Waals surface area (Å²) in [6.07, 6.45) is 1.53. The molecule has 3 aliphatic rings. The zero-order valence-electron chi connectivity index (χ0n) is 10.8. The Morgan fingerprint density at radius 3 is 2.79 bits per heavy atom. The highest BCUT2D eigenvalue weighted by Gasteiger charge is 2.31. The quantitative estimate of drug-likeness (QED) is 0.741. The third-order valence-electron chi connectivity index (χ3n) is 3.95. The third kappa shape index (κ3) is 2.54. The van der Waals surface area contributed by atoms with Crippen molar-refractivity contribution in [3.05, 3.63) is 34.2 Å². The van der Waals surface area contributed by atoms with Gasteiger partial charge < -0.3 is 10.3 Å². The zero-order chi connectivity index (χ0) is 13.2. The minimum Gasteiger partial charge on any atom is -0.350 e. The SMILES string of the molecule is O=C(NCC1CN2CCN1CC2)c1ccc[nH]c1=O. The largest absolute Gasteiger partial charge is 0.350 e. The van der Waals surface area contributed by atoms with Crippen molar-refractivity contribution >= 4 is 5.91 Å². The Labute approximate surface area is 111 Å². The van der Waals surface area contributed by atoms with Crippen molar-refractivity contribution in [2.75, 3.05) is 39.3 Å². The molecule has 0 aliphatic carbocycles. The van der Waals surface area contributed by atoms with Gasteiger partial charge in [0.25, 0.3) is 11.5 Å². The number of carbonyl (C=O) groups is 1. The van der Waals surface area contributed by atoms with Crippen LogP contribution in [0.1, 0.15) is 10.4 Å². The number of pyridine rings is 1. The number of hydrogen-bond acceptors (Lipinski definition) is 4. The molecule has 19 heavy (non-hydrogen) atoms. The zero-order valence-corrected chi connectivity index (χ0v) is 10.8. The van der Waals surface area contributed by atoms with Gasteiger partial charge in [-0.15, -0.1) is 0 Å². The summed E-state index contributed by atoms with van der Waals surface area (Å²) in [5.74, 6) is -0.292. The van der Waals surface area contributed by atoms with Gasteiger partial charge in [0, 0.05) is 51.5 Å². The summed E-state index contributed by atoms with van der Waals surface area (Å²) < 4.78 is 0. The number of rotatable bonds is 3. The van der Waals surface area contributed by atoms with E-state index in [0.29, 0.717) is 12.6 Å². The average Bonchev–Trinajstić information content (AvgIpc) is 2.46. The van der Waals surface area contributed by atoms with Gasteiger partial charge in [0.15, 0.2) is 0 Å². The minimum atomic E-state index is -0.339. The van der Waals surface area contributed by atoms with Crippen LogP contribution in [0.25, 0.3) is 0 Å². The fourth-order valence-corrected chi connectivity index (χ4v) is 2.82. The molecule has 1 aromatic rings. The number of hydrogen-bond donors (Lipinski definition) is 2. The third-order valence-corrected chi connectivity index (χ3v) is 3.95. The summed E-state index contributed by atoms with van der Waals surface area (Å²) in [5, 5.41) is 2.87. The smallest absolute Gasteiger partial charge is 0.260 e. The van der Waals surface area contributed by atoms with Crippen LogP contribution in [0.4, 0.5) is 0 Å². The first kappa shape index (κ1) is 12.4. The van der Waals surface area contributed by atoms with Crippen LogP contribution in [0.5, 0.6) is 0 Å². The molecule has 4 heterocycles. The molecule has 2 bridgehead atoms. The van der Waals surface area contributed by atoms with E-state index < -0.39 is 0 Å². The summed E-state index contributed by atoms with van der Waals surface area (Å²) in [5.41, 5.74) is -0.159. The van der Waals surface area contributed by atoms with Crippen LogP contribution in [0.2, 0.25) is 0 Å². The number of aromatic amines is 1. The van der Waals surface area contributed by atoms with Crippen molar-refractivity contribution in [3.8, 4) is 0 Å². The number of nitrogens with one attached hydrogen (secondary N) is 2. The second-order valence-electron chi connectivity index (χ2n) is 5.11. The van der Waals surface area contributed by atoms with Crippen LogP contribution in [0.15, 0.2) is 23.1 Å². The molecule has 102 valence electrons. The Bertz CT molecular complexity index is 519. The predicted molar refractivity (Wildman–Crippen MR) is 71.2 cm³/mol. The molecule has 6 heteroatoms. The average molecular weight is 262 g/mol. The highest BCUT2D eigenvalue weighted by Crippen LogP contribution is 2.14. The normalized spacial score (nSPS) is 29.2. The Kier molecular flexibility index (Phi) is 3.35. The molecule has 0 spiro atoms. The Balaban J connectivity index is 1.59. The lowest BCUT2D eigenvalue weighted by Crippen LogP contribution is -2.63. The highest BCUT2D eigenvalue weighted by molar-refractivity contribution is 5.93. The molecule has 1 amide bonds. The van der Waals surface area contributed by atoms with Gasteiger partial charge in [0.2, 0.25) is 0 Å². The number of piperazine rings is 3. The summed E-state index contributed by atoms with van der Waals surface area (Å²) in [6, 6.07) is 3.58. The maximum absolute atomic E-state index is 12.0. The number of H-pyrrole nitrogens is 1. The maximum Gasteiger partial charge on any atom is 0.260 e. The van der Waals surface area contributed by atoms with E-state index in [2.05, 4.69) is 20.1 Å². The summed E-state index contributed by atoms with van der Waals surface area (Å²) in [4.78, 5) is 30.8. The summed E-state index contributed by atoms with van der Waals surface area (Å²) in [6.45, 7) is 6.01. The van der Waals surface area contributed by atoms with Gasteiger partial charge in [-0.2, -0.15) is 0 Å². The number of carbonyl (C=O) groups excluding carboxylic acids is 1. The monoisotopic (exact) mass is 262 g/mol. The predicted octanol–water partition coefficient (Wildman–Crippen LogP) is -0.895. The molecule has 6 nitrogen and oxygen atoms in total. The van der Waals surface area contributed by atoms with Crippen molar-refractivity contribution in [2.45, 2.75) is 6.04 Å². The Morgan fingerprint density at radius 1 is 1.37 bits per heavy atom. The molecule has 1 unspecified atom stereocenters. The molecule has 0 saturated carbocycles. The first-order chi connectivity index (χ1) is 9.24. The minimum absolute atomic E-state index is 0.179. The first-order valence-electron chi connectivity index (χ1n) is 6.66. The van der Waals surface area contributed by atoms with Crippen molar-refractivity contribution in [2.24, 2.45) is 0 Å². The first-order valence-corrected chi connectivity index (χ1v) is 6.66. The molecule has 0 aromatic carbocycles. The second-order valence-corrected chi connectivity index (χ2v) is 5.11. The molecule has 2 N–H and O–H groups in total.